The summed E-state index contributed by atoms with van der Waals surface area (Å²) in [6.07, 6.45) is 0.866. The Morgan fingerprint density at radius 2 is 1.90 bits per heavy atom. The monoisotopic (exact) mass is 304 g/mol. The third-order valence-corrected chi connectivity index (χ3v) is 4.66. The van der Waals surface area contributed by atoms with Gasteiger partial charge in [0.15, 0.2) is 0 Å². The largest absolute Gasteiger partial charge is 0.496 e. The molecule has 0 aliphatic heterocycles. The number of hydrazine groups is 1. The molecule has 4 heteroatoms. The second-order valence-corrected chi connectivity index (χ2v) is 7.20. The molecule has 0 fully saturated rings. The maximum Gasteiger partial charge on any atom is 0.129 e. The van der Waals surface area contributed by atoms with E-state index in [0.717, 1.165) is 12.2 Å². The number of nitrogens with one attached hydrogen (secondary N) is 1. The summed E-state index contributed by atoms with van der Waals surface area (Å²) in [5, 5.41) is 2.00. The van der Waals surface area contributed by atoms with Gasteiger partial charge in [0.25, 0.3) is 0 Å². The SMILES string of the molecule is COc1csc(C(Cc2ccc(C(C)(C)C)cc2)NN)c1. The van der Waals surface area contributed by atoms with Gasteiger partial charge < -0.3 is 4.74 Å². The summed E-state index contributed by atoms with van der Waals surface area (Å²) in [4.78, 5) is 1.19. The van der Waals surface area contributed by atoms with Crippen LogP contribution >= 0.6 is 11.3 Å². The third-order valence-electron chi connectivity index (χ3n) is 3.64. The maximum atomic E-state index is 5.72. The molecule has 1 aromatic heterocycles. The lowest BCUT2D eigenvalue weighted by molar-refractivity contribution is 0.415. The van der Waals surface area contributed by atoms with Gasteiger partial charge in [-0.3, -0.25) is 11.3 Å². The highest BCUT2D eigenvalue weighted by molar-refractivity contribution is 7.10. The van der Waals surface area contributed by atoms with E-state index in [1.165, 1.54) is 16.0 Å². The zero-order valence-corrected chi connectivity index (χ0v) is 14.0. The topological polar surface area (TPSA) is 47.3 Å². The highest BCUT2D eigenvalue weighted by Gasteiger charge is 2.16. The number of thiophene rings is 1. The van der Waals surface area contributed by atoms with Gasteiger partial charge in [0.1, 0.15) is 5.75 Å². The third kappa shape index (κ3) is 4.06. The maximum absolute atomic E-state index is 5.72. The molecule has 0 amide bonds. The second-order valence-electron chi connectivity index (χ2n) is 6.26. The Hall–Kier alpha value is -1.36. The lowest BCUT2D eigenvalue weighted by Gasteiger charge is -2.20. The summed E-state index contributed by atoms with van der Waals surface area (Å²) < 4.78 is 5.23. The summed E-state index contributed by atoms with van der Waals surface area (Å²) in [5.41, 5.74) is 5.71. The molecular formula is C17H24N2OS. The predicted molar refractivity (Wildman–Crippen MR) is 89.8 cm³/mol. The van der Waals surface area contributed by atoms with E-state index in [0.29, 0.717) is 0 Å². The first-order chi connectivity index (χ1) is 9.94. The fraction of sp³-hybridized carbons (Fsp3) is 0.412. The van der Waals surface area contributed by atoms with Gasteiger partial charge in [-0.25, -0.2) is 0 Å². The molecule has 1 atom stereocenters. The molecule has 3 nitrogen and oxygen atoms in total. The van der Waals surface area contributed by atoms with Crippen molar-refractivity contribution in [3.05, 3.63) is 51.7 Å². The van der Waals surface area contributed by atoms with Crippen LogP contribution in [0.25, 0.3) is 0 Å². The van der Waals surface area contributed by atoms with Crippen molar-refractivity contribution in [2.45, 2.75) is 38.6 Å². The minimum absolute atomic E-state index is 0.111. The lowest BCUT2D eigenvalue weighted by Crippen LogP contribution is -2.29. The molecule has 0 spiro atoms. The van der Waals surface area contributed by atoms with Crippen molar-refractivity contribution in [3.63, 3.8) is 0 Å². The summed E-state index contributed by atoms with van der Waals surface area (Å²) in [6.45, 7) is 6.68. The zero-order valence-electron chi connectivity index (χ0n) is 13.1. The van der Waals surface area contributed by atoms with Crippen molar-refractivity contribution < 1.29 is 4.74 Å². The number of hydrogen-bond donors (Lipinski definition) is 2. The Balaban J connectivity index is 2.11. The van der Waals surface area contributed by atoms with Crippen molar-refractivity contribution in [1.82, 2.24) is 5.43 Å². The first kappa shape index (κ1) is 16.0. The second kappa shape index (κ2) is 6.60. The van der Waals surface area contributed by atoms with E-state index in [2.05, 4.69) is 50.5 Å². The van der Waals surface area contributed by atoms with Crippen LogP contribution in [-0.4, -0.2) is 7.11 Å². The number of ether oxygens (including phenoxy) is 1. The molecule has 0 aliphatic carbocycles. The fourth-order valence-electron chi connectivity index (χ4n) is 2.24. The van der Waals surface area contributed by atoms with E-state index in [-0.39, 0.29) is 11.5 Å². The molecular weight excluding hydrogens is 280 g/mol. The molecule has 2 rings (SSSR count). The Morgan fingerprint density at radius 1 is 1.24 bits per heavy atom. The lowest BCUT2D eigenvalue weighted by atomic mass is 9.86. The quantitative estimate of drug-likeness (QED) is 0.652. The summed E-state index contributed by atoms with van der Waals surface area (Å²) in [6, 6.07) is 10.9. The van der Waals surface area contributed by atoms with Gasteiger partial charge in [-0.15, -0.1) is 11.3 Å². The average molecular weight is 304 g/mol. The Morgan fingerprint density at radius 3 is 2.38 bits per heavy atom. The number of rotatable bonds is 5. The van der Waals surface area contributed by atoms with E-state index in [4.69, 9.17) is 10.6 Å². The molecule has 1 unspecified atom stereocenters. The van der Waals surface area contributed by atoms with E-state index in [1.54, 1.807) is 18.4 Å². The standard InChI is InChI=1S/C17H24N2OS/c1-17(2,3)13-7-5-12(6-8-13)9-15(19-18)16-10-14(20-4)11-21-16/h5-8,10-11,15,19H,9,18H2,1-4H3. The minimum atomic E-state index is 0.111. The van der Waals surface area contributed by atoms with Gasteiger partial charge in [-0.2, -0.15) is 0 Å². The van der Waals surface area contributed by atoms with E-state index in [1.807, 2.05) is 11.4 Å². The van der Waals surface area contributed by atoms with Crippen LogP contribution < -0.4 is 16.0 Å². The molecule has 0 bridgehead atoms. The van der Waals surface area contributed by atoms with Crippen molar-refractivity contribution in [2.75, 3.05) is 7.11 Å². The van der Waals surface area contributed by atoms with Crippen molar-refractivity contribution in [3.8, 4) is 5.75 Å². The molecule has 0 radical (unpaired) electrons. The Bertz CT molecular complexity index is 569. The molecule has 2 aromatic rings. The Labute approximate surface area is 131 Å². The van der Waals surface area contributed by atoms with Crippen molar-refractivity contribution in [1.29, 1.82) is 0 Å². The number of nitrogens with two attached hydrogens (primary N) is 1. The van der Waals surface area contributed by atoms with Crippen LogP contribution in [0.1, 0.15) is 42.8 Å². The highest BCUT2D eigenvalue weighted by Crippen LogP contribution is 2.29. The molecule has 3 N–H and O–H groups in total. The van der Waals surface area contributed by atoms with Gasteiger partial charge in [-0.05, 0) is 29.0 Å². The number of hydrogen-bond acceptors (Lipinski definition) is 4. The van der Waals surface area contributed by atoms with Crippen LogP contribution in [-0.2, 0) is 11.8 Å². The van der Waals surface area contributed by atoms with Crippen molar-refractivity contribution >= 4 is 11.3 Å². The normalized spacial score (nSPS) is 13.2. The van der Waals surface area contributed by atoms with Crippen LogP contribution in [0, 0.1) is 0 Å². The van der Waals surface area contributed by atoms with E-state index < -0.39 is 0 Å². The van der Waals surface area contributed by atoms with E-state index in [9.17, 15) is 0 Å². The number of methoxy groups -OCH3 is 1. The minimum Gasteiger partial charge on any atom is -0.496 e. The molecule has 21 heavy (non-hydrogen) atoms. The van der Waals surface area contributed by atoms with Gasteiger partial charge in [0.05, 0.1) is 13.2 Å². The van der Waals surface area contributed by atoms with Gasteiger partial charge >= 0.3 is 0 Å². The molecule has 1 heterocycles. The summed E-state index contributed by atoms with van der Waals surface area (Å²) in [5.74, 6) is 6.61. The van der Waals surface area contributed by atoms with Gasteiger partial charge in [0, 0.05) is 10.3 Å². The van der Waals surface area contributed by atoms with E-state index >= 15 is 0 Å². The molecule has 114 valence electrons. The van der Waals surface area contributed by atoms with Gasteiger partial charge in [0.2, 0.25) is 0 Å². The Kier molecular flexibility index (Phi) is 5.04. The summed E-state index contributed by atoms with van der Waals surface area (Å²) >= 11 is 1.67. The highest BCUT2D eigenvalue weighted by atomic mass is 32.1. The van der Waals surface area contributed by atoms with Gasteiger partial charge in [-0.1, -0.05) is 45.0 Å². The first-order valence-electron chi connectivity index (χ1n) is 7.12. The zero-order chi connectivity index (χ0) is 15.5. The number of benzene rings is 1. The first-order valence-corrected chi connectivity index (χ1v) is 8.00. The summed E-state index contributed by atoms with van der Waals surface area (Å²) in [7, 11) is 1.68. The van der Waals surface area contributed by atoms with Crippen LogP contribution in [0.3, 0.4) is 0 Å². The van der Waals surface area contributed by atoms with Crippen LogP contribution in [0.2, 0.25) is 0 Å². The van der Waals surface area contributed by atoms with Crippen LogP contribution in [0.5, 0.6) is 5.75 Å². The molecule has 1 aromatic carbocycles. The van der Waals surface area contributed by atoms with Crippen molar-refractivity contribution in [2.24, 2.45) is 5.84 Å². The predicted octanol–water partition coefficient (Wildman–Crippen LogP) is 3.80. The van der Waals surface area contributed by atoms with Crippen LogP contribution in [0.4, 0.5) is 0 Å². The molecule has 0 aliphatic rings. The molecule has 0 saturated carbocycles. The fourth-order valence-corrected chi connectivity index (χ4v) is 3.16. The molecule has 0 saturated heterocycles. The smallest absolute Gasteiger partial charge is 0.129 e. The average Bonchev–Trinajstić information content (AvgIpc) is 2.93. The van der Waals surface area contributed by atoms with Crippen LogP contribution in [0.15, 0.2) is 35.7 Å².